The van der Waals surface area contributed by atoms with E-state index in [1.54, 1.807) is 12.1 Å². The number of phenols is 2. The van der Waals surface area contributed by atoms with Gasteiger partial charge >= 0.3 is 0 Å². The van der Waals surface area contributed by atoms with Gasteiger partial charge in [-0.3, -0.25) is 0 Å². The summed E-state index contributed by atoms with van der Waals surface area (Å²) in [6.45, 7) is 7.50. The van der Waals surface area contributed by atoms with Gasteiger partial charge in [0.2, 0.25) is 0 Å². The van der Waals surface area contributed by atoms with E-state index in [9.17, 15) is 15.3 Å². The van der Waals surface area contributed by atoms with Crippen molar-refractivity contribution in [3.05, 3.63) is 90.3 Å². The quantitative estimate of drug-likeness (QED) is 0.353. The number of rotatable bonds is 3. The molecule has 3 heteroatoms. The minimum atomic E-state index is -0.140. The van der Waals surface area contributed by atoms with Gasteiger partial charge in [-0.25, -0.2) is 0 Å². The van der Waals surface area contributed by atoms with E-state index in [4.69, 9.17) is 0 Å². The molecule has 0 aromatic heterocycles. The highest BCUT2D eigenvalue weighted by Crippen LogP contribution is 2.41. The predicted molar refractivity (Wildman–Crippen MR) is 109 cm³/mol. The van der Waals surface area contributed by atoms with E-state index < -0.39 is 0 Å². The van der Waals surface area contributed by atoms with E-state index in [0.717, 1.165) is 28.3 Å². The molecule has 3 nitrogen and oxygen atoms in total. The van der Waals surface area contributed by atoms with Gasteiger partial charge in [0.25, 0.3) is 0 Å². The van der Waals surface area contributed by atoms with Crippen molar-refractivity contribution in [3.63, 3.8) is 0 Å². The third-order valence-electron chi connectivity index (χ3n) is 3.96. The van der Waals surface area contributed by atoms with Gasteiger partial charge in [0, 0.05) is 5.56 Å². The molecule has 0 fully saturated rings. The fourth-order valence-corrected chi connectivity index (χ4v) is 2.77. The molecule has 0 heterocycles. The van der Waals surface area contributed by atoms with Gasteiger partial charge in [-0.05, 0) is 46.6 Å². The first-order chi connectivity index (χ1) is 12.6. The second-order valence-electron chi connectivity index (χ2n) is 5.58. The van der Waals surface area contributed by atoms with Crippen LogP contribution in [-0.2, 0) is 0 Å². The van der Waals surface area contributed by atoms with Crippen LogP contribution in [0, 0.1) is 0 Å². The molecule has 1 aliphatic carbocycles. The van der Waals surface area contributed by atoms with Gasteiger partial charge in [-0.15, -0.1) is 0 Å². The molecule has 0 radical (unpaired) electrons. The normalized spacial score (nSPS) is 15.4. The molecule has 0 spiro atoms. The molecule has 0 unspecified atom stereocenters. The Labute approximate surface area is 154 Å². The van der Waals surface area contributed by atoms with Crippen molar-refractivity contribution in [1.82, 2.24) is 0 Å². The largest absolute Gasteiger partial charge is 0.508 e. The second kappa shape index (κ2) is 8.77. The molecule has 0 bridgehead atoms. The molecule has 134 valence electrons. The monoisotopic (exact) mass is 348 g/mol. The van der Waals surface area contributed by atoms with Crippen LogP contribution in [0.5, 0.6) is 11.5 Å². The fourth-order valence-electron chi connectivity index (χ4n) is 2.77. The highest BCUT2D eigenvalue weighted by Gasteiger charge is 2.16. The zero-order chi connectivity index (χ0) is 19.1. The average Bonchev–Trinajstić information content (AvgIpc) is 2.69. The molecule has 26 heavy (non-hydrogen) atoms. The van der Waals surface area contributed by atoms with E-state index in [2.05, 4.69) is 6.58 Å². The maximum atomic E-state index is 10.4. The van der Waals surface area contributed by atoms with Crippen LogP contribution in [0.1, 0.15) is 25.8 Å². The zero-order valence-corrected chi connectivity index (χ0v) is 15.1. The Morgan fingerprint density at radius 1 is 1.15 bits per heavy atom. The number of aliphatic hydroxyl groups is 1. The molecule has 2 aromatic rings. The van der Waals surface area contributed by atoms with Crippen LogP contribution in [-0.4, -0.2) is 15.3 Å². The number of aromatic hydroxyl groups is 2. The Bertz CT molecular complexity index is 928. The molecule has 0 atom stereocenters. The van der Waals surface area contributed by atoms with E-state index in [1.807, 2.05) is 62.4 Å². The lowest BCUT2D eigenvalue weighted by Gasteiger charge is -2.15. The van der Waals surface area contributed by atoms with Crippen molar-refractivity contribution in [3.8, 4) is 11.5 Å². The molecule has 1 aliphatic rings. The lowest BCUT2D eigenvalue weighted by Crippen LogP contribution is -1.92. The van der Waals surface area contributed by atoms with Crippen molar-refractivity contribution in [2.24, 2.45) is 0 Å². The first-order valence-electron chi connectivity index (χ1n) is 8.64. The van der Waals surface area contributed by atoms with Crippen LogP contribution < -0.4 is 0 Å². The van der Waals surface area contributed by atoms with Gasteiger partial charge in [0.05, 0.1) is 0 Å². The Kier molecular flexibility index (Phi) is 6.45. The third kappa shape index (κ3) is 4.06. The first kappa shape index (κ1) is 19.1. The van der Waals surface area contributed by atoms with Crippen LogP contribution in [0.25, 0.3) is 16.3 Å². The number of phenolic OH excluding ortho intramolecular Hbond substituents is 2. The summed E-state index contributed by atoms with van der Waals surface area (Å²) in [6, 6.07) is 9.16. The van der Waals surface area contributed by atoms with Crippen molar-refractivity contribution in [1.29, 1.82) is 0 Å². The van der Waals surface area contributed by atoms with Crippen LogP contribution >= 0.6 is 0 Å². The van der Waals surface area contributed by atoms with Crippen LogP contribution in [0.3, 0.4) is 0 Å². The second-order valence-corrected chi connectivity index (χ2v) is 5.58. The maximum Gasteiger partial charge on any atom is 0.166 e. The summed E-state index contributed by atoms with van der Waals surface area (Å²) in [4.78, 5) is 0. The summed E-state index contributed by atoms with van der Waals surface area (Å²) in [5.41, 5.74) is 2.39. The Balaban J connectivity index is 0.00000117. The zero-order valence-electron chi connectivity index (χ0n) is 15.1. The smallest absolute Gasteiger partial charge is 0.166 e. The Hall–Kier alpha value is -3.20. The third-order valence-corrected chi connectivity index (χ3v) is 3.96. The highest BCUT2D eigenvalue weighted by molar-refractivity contribution is 6.00. The number of hydrogen-bond donors (Lipinski definition) is 3. The summed E-state index contributed by atoms with van der Waals surface area (Å²) in [7, 11) is 0. The van der Waals surface area contributed by atoms with Crippen molar-refractivity contribution in [2.45, 2.75) is 20.3 Å². The summed E-state index contributed by atoms with van der Waals surface area (Å²) in [5, 5.41) is 31.6. The predicted octanol–water partition coefficient (Wildman–Crippen LogP) is 6.17. The van der Waals surface area contributed by atoms with E-state index in [-0.39, 0.29) is 17.3 Å². The summed E-state index contributed by atoms with van der Waals surface area (Å²) in [5.74, 6) is -0.175. The van der Waals surface area contributed by atoms with Crippen LogP contribution in [0.15, 0.2) is 84.7 Å². The lowest BCUT2D eigenvalue weighted by molar-refractivity contribution is 0.404. The molecular weight excluding hydrogens is 324 g/mol. The summed E-state index contributed by atoms with van der Waals surface area (Å²) >= 11 is 0. The summed E-state index contributed by atoms with van der Waals surface area (Å²) < 4.78 is 0. The number of hydrogen-bond acceptors (Lipinski definition) is 3. The first-order valence-corrected chi connectivity index (χ1v) is 8.64. The minimum Gasteiger partial charge on any atom is -0.508 e. The molecule has 0 saturated heterocycles. The SMILES string of the molecule is C=C/C(O)=C\C=C1\C=C(c2c(O)c(O)cc3ccccc23)C=CC1.CC. The van der Waals surface area contributed by atoms with Gasteiger partial charge in [0.15, 0.2) is 11.5 Å². The molecule has 3 rings (SSSR count). The van der Waals surface area contributed by atoms with E-state index in [1.165, 1.54) is 6.08 Å². The molecule has 0 amide bonds. The summed E-state index contributed by atoms with van der Waals surface area (Å²) in [6.07, 6.45) is 11.3. The van der Waals surface area contributed by atoms with Gasteiger partial charge < -0.3 is 15.3 Å². The highest BCUT2D eigenvalue weighted by atomic mass is 16.3. The van der Waals surface area contributed by atoms with Gasteiger partial charge in [-0.2, -0.15) is 0 Å². The van der Waals surface area contributed by atoms with Gasteiger partial charge in [0.1, 0.15) is 5.76 Å². The molecular formula is C23H24O3. The number of benzene rings is 2. The van der Waals surface area contributed by atoms with Crippen LogP contribution in [0.2, 0.25) is 0 Å². The van der Waals surface area contributed by atoms with Crippen molar-refractivity contribution < 1.29 is 15.3 Å². The van der Waals surface area contributed by atoms with Crippen LogP contribution in [0.4, 0.5) is 0 Å². The molecule has 3 N–H and O–H groups in total. The van der Waals surface area contributed by atoms with Gasteiger partial charge in [-0.1, -0.05) is 69.0 Å². The molecule has 2 aromatic carbocycles. The van der Waals surface area contributed by atoms with E-state index in [0.29, 0.717) is 5.56 Å². The van der Waals surface area contributed by atoms with Crippen molar-refractivity contribution in [2.75, 3.05) is 0 Å². The molecule has 0 aliphatic heterocycles. The number of fused-ring (bicyclic) bond motifs is 1. The maximum absolute atomic E-state index is 10.4. The van der Waals surface area contributed by atoms with Crippen molar-refractivity contribution >= 4 is 16.3 Å². The minimum absolute atomic E-state index is 0.0951. The number of allylic oxidation sites excluding steroid dienone is 8. The molecule has 0 saturated carbocycles. The lowest BCUT2D eigenvalue weighted by atomic mass is 9.91. The standard InChI is InChI=1S/C21H18O3.C2H6/c1-2-17(22)11-10-14-6-5-8-16(12-14)20-18-9-4-3-7-15(18)13-19(23)21(20)24;1-2/h2-5,7-13,22-24H,1,6H2;1-2H3/b14-10+,17-11+;. The van der Waals surface area contributed by atoms with E-state index >= 15 is 0 Å². The Morgan fingerprint density at radius 3 is 2.62 bits per heavy atom. The Morgan fingerprint density at radius 2 is 1.88 bits per heavy atom. The topological polar surface area (TPSA) is 60.7 Å². The number of aliphatic hydroxyl groups excluding tert-OH is 1. The fraction of sp³-hybridized carbons (Fsp3) is 0.130. The average molecular weight is 348 g/mol.